The van der Waals surface area contributed by atoms with Gasteiger partial charge in [-0.15, -0.1) is 11.5 Å². The summed E-state index contributed by atoms with van der Waals surface area (Å²) in [5.74, 6) is 0. The maximum absolute atomic E-state index is 4.76. The van der Waals surface area contributed by atoms with Crippen LogP contribution in [-0.4, -0.2) is 29.9 Å². The molecule has 272 valence electrons. The Kier molecular flexibility index (Phi) is 13.4. The van der Waals surface area contributed by atoms with Crippen molar-refractivity contribution in [3.63, 3.8) is 0 Å². The van der Waals surface area contributed by atoms with Crippen LogP contribution in [0.5, 0.6) is 0 Å². The second kappa shape index (κ2) is 17.1. The minimum absolute atomic E-state index is 0.847. The fourth-order valence-corrected chi connectivity index (χ4v) is 12.6. The van der Waals surface area contributed by atoms with Gasteiger partial charge in [0.15, 0.2) is 16.5 Å². The minimum atomic E-state index is -1.46. The molecule has 6 aromatic carbocycles. The van der Waals surface area contributed by atoms with E-state index in [1.165, 1.54) is 65.4 Å². The monoisotopic (exact) mass is 1130 g/mol. The second-order valence-electron chi connectivity index (χ2n) is 14.9. The molecule has 0 saturated carbocycles. The van der Waals surface area contributed by atoms with Crippen LogP contribution in [0.2, 0.25) is 39.3 Å². The van der Waals surface area contributed by atoms with Crippen LogP contribution in [-0.2, 0) is 17.3 Å². The predicted molar refractivity (Wildman–Crippen MR) is 255 cm³/mol. The first-order valence-corrected chi connectivity index (χ1v) is 32.0. The van der Waals surface area contributed by atoms with Crippen LogP contribution in [0, 0.1) is 6.07 Å². The number of H-pyrrole nitrogens is 1. The van der Waals surface area contributed by atoms with Crippen LogP contribution in [0.1, 0.15) is 0 Å². The van der Waals surface area contributed by atoms with Gasteiger partial charge in [-0.1, -0.05) is 131 Å². The Morgan fingerprint density at radius 1 is 0.463 bits per heavy atom. The van der Waals surface area contributed by atoms with Crippen molar-refractivity contribution in [2.75, 3.05) is 0 Å². The Morgan fingerprint density at radius 3 is 1.15 bits per heavy atom. The number of aromatic amines is 1. The summed E-state index contributed by atoms with van der Waals surface area (Å²) in [4.78, 5) is 3.39. The van der Waals surface area contributed by atoms with E-state index < -0.39 is 16.5 Å². The van der Waals surface area contributed by atoms with E-state index in [1.54, 1.807) is 0 Å². The van der Waals surface area contributed by atoms with E-state index in [2.05, 4.69) is 229 Å². The van der Waals surface area contributed by atoms with E-state index >= 15 is 0 Å². The average Bonchev–Trinajstić information content (AvgIpc) is 3.76. The van der Waals surface area contributed by atoms with Crippen LogP contribution in [0.15, 0.2) is 132 Å². The number of nitrogens with zero attached hydrogens (tertiary/aromatic N) is 2. The number of aromatic nitrogens is 3. The van der Waals surface area contributed by atoms with Crippen LogP contribution in [0.4, 0.5) is 0 Å². The molecule has 0 aliphatic heterocycles. The number of benzene rings is 6. The summed E-state index contributed by atoms with van der Waals surface area (Å²) >= 11 is 18.6. The van der Waals surface area contributed by atoms with Gasteiger partial charge in [0.2, 0.25) is 0 Å². The molecule has 1 N–H and O–H groups in total. The zero-order chi connectivity index (χ0) is 39.1. The predicted octanol–water partition coefficient (Wildman–Crippen LogP) is 16.6. The number of hydrogen-bond donors (Lipinski definition) is 1. The van der Waals surface area contributed by atoms with Gasteiger partial charge in [-0.05, 0) is 90.3 Å². The molecule has 0 bridgehead atoms. The van der Waals surface area contributed by atoms with Crippen LogP contribution in [0.25, 0.3) is 65.4 Å². The first kappa shape index (κ1) is 42.1. The molecule has 3 nitrogen and oxygen atoms in total. The van der Waals surface area contributed by atoms with Crippen LogP contribution >= 0.6 is 89.3 Å². The SMILES string of the molecule is Brc1ccc2[nH]c3ccc(Br)cc3c2c1.C[Si](C)(C)n1c2cc[c-]cc2c2cc(Br)ccc21.C[Si](C)(C)n1c2ccc(Br)cc2c2cc(Br)ccc21.[Cl][Zn+]. The van der Waals surface area contributed by atoms with Crippen molar-refractivity contribution in [1.82, 2.24) is 13.4 Å². The Balaban J connectivity index is 0.000000136. The molecule has 12 heteroatoms. The van der Waals surface area contributed by atoms with E-state index in [0.29, 0.717) is 0 Å². The standard InChI is InChI=1S/C15H15Br2NSi.C15H15BrNSi.C12H7Br2N.ClH.Zn/c1-19(2,3)18-14-6-4-10(16)8-12(14)13-9-11(17)5-7-15(13)18;1-18(2,3)17-14-7-5-4-6-12(14)13-10-11(16)8-9-15(13)17;13-7-1-3-11-9(5-7)10-6-8(14)2-4-12(10)15-11;;/h4-9H,1-3H3;5-10H,1-3H3;1-6,15H;1H;/q;-1;;;+2/p-1. The molecule has 3 aromatic heterocycles. The summed E-state index contributed by atoms with van der Waals surface area (Å²) in [6.07, 6.45) is 0. The van der Waals surface area contributed by atoms with Gasteiger partial charge in [-0.25, -0.2) is 0 Å². The molecule has 3 heterocycles. The molecule has 0 spiro atoms. The fourth-order valence-electron chi connectivity index (χ4n) is 7.14. The van der Waals surface area contributed by atoms with Gasteiger partial charge >= 0.3 is 27.0 Å². The molecular formula is C42H37Br5ClN3Si2Zn. The molecule has 0 radical (unpaired) electrons. The summed E-state index contributed by atoms with van der Waals surface area (Å²) in [6.45, 7) is 14.3. The van der Waals surface area contributed by atoms with E-state index in [4.69, 9.17) is 9.69 Å². The number of halogens is 6. The Hall–Kier alpha value is -1.53. The second-order valence-corrected chi connectivity index (χ2v) is 29.1. The van der Waals surface area contributed by atoms with Gasteiger partial charge in [-0.2, -0.15) is 18.2 Å². The van der Waals surface area contributed by atoms with Crippen molar-refractivity contribution < 1.29 is 17.3 Å². The van der Waals surface area contributed by atoms with Crippen molar-refractivity contribution >= 4 is 171 Å². The van der Waals surface area contributed by atoms with Crippen molar-refractivity contribution in [2.24, 2.45) is 0 Å². The fraction of sp³-hybridized carbons (Fsp3) is 0.143. The van der Waals surface area contributed by atoms with Gasteiger partial charge < -0.3 is 13.4 Å². The van der Waals surface area contributed by atoms with Crippen LogP contribution < -0.4 is 0 Å². The van der Waals surface area contributed by atoms with E-state index in [1.807, 2.05) is 18.2 Å². The van der Waals surface area contributed by atoms with E-state index in [0.717, 1.165) is 39.7 Å². The molecule has 54 heavy (non-hydrogen) atoms. The first-order valence-electron chi connectivity index (χ1n) is 17.2. The Bertz CT molecular complexity index is 2680. The molecule has 0 fully saturated rings. The van der Waals surface area contributed by atoms with Crippen molar-refractivity contribution in [3.05, 3.63) is 138 Å². The van der Waals surface area contributed by atoms with Gasteiger partial charge in [0.05, 0.1) is 0 Å². The number of nitrogens with one attached hydrogen (secondary N) is 1. The number of hydrogen-bond acceptors (Lipinski definition) is 0. The number of rotatable bonds is 2. The third-order valence-corrected chi connectivity index (χ3v) is 15.2. The Morgan fingerprint density at radius 2 is 0.778 bits per heavy atom. The normalized spacial score (nSPS) is 11.8. The van der Waals surface area contributed by atoms with Gasteiger partial charge in [0.1, 0.15) is 0 Å². The molecule has 0 aliphatic carbocycles. The van der Waals surface area contributed by atoms with E-state index in [-0.39, 0.29) is 0 Å². The molecular weight excluding hydrogens is 1100 g/mol. The van der Waals surface area contributed by atoms with Crippen LogP contribution in [0.3, 0.4) is 0 Å². The summed E-state index contributed by atoms with van der Waals surface area (Å²) in [7, 11) is 1.87. The van der Waals surface area contributed by atoms with Crippen molar-refractivity contribution in [3.8, 4) is 0 Å². The summed E-state index contributed by atoms with van der Waals surface area (Å²) in [5, 5.41) is 7.78. The van der Waals surface area contributed by atoms with Gasteiger partial charge in [0.25, 0.3) is 0 Å². The zero-order valence-corrected chi connectivity index (χ0v) is 44.4. The zero-order valence-electron chi connectivity index (χ0n) is 30.8. The summed E-state index contributed by atoms with van der Waals surface area (Å²) < 4.78 is 10.7. The molecule has 0 saturated heterocycles. The third kappa shape index (κ3) is 8.80. The Labute approximate surface area is 374 Å². The third-order valence-electron chi connectivity index (χ3n) is 9.13. The summed E-state index contributed by atoms with van der Waals surface area (Å²) in [5.41, 5.74) is 7.71. The topological polar surface area (TPSA) is 25.6 Å². The van der Waals surface area contributed by atoms with Crippen molar-refractivity contribution in [1.29, 1.82) is 0 Å². The van der Waals surface area contributed by atoms with Crippen molar-refractivity contribution in [2.45, 2.75) is 39.3 Å². The molecule has 0 aliphatic rings. The molecule has 9 rings (SSSR count). The number of fused-ring (bicyclic) bond motifs is 9. The quantitative estimate of drug-likeness (QED) is 0.132. The molecule has 0 amide bonds. The van der Waals surface area contributed by atoms with Gasteiger partial charge in [-0.3, -0.25) is 0 Å². The first-order chi connectivity index (χ1) is 25.6. The maximum atomic E-state index is 4.76. The molecule has 0 atom stereocenters. The average molecular weight is 1140 g/mol. The van der Waals surface area contributed by atoms with E-state index in [9.17, 15) is 0 Å². The summed E-state index contributed by atoms with van der Waals surface area (Å²) in [6, 6.07) is 41.8. The molecule has 0 unspecified atom stereocenters. The van der Waals surface area contributed by atoms with Gasteiger partial charge in [0, 0.05) is 71.5 Å². The molecule has 9 aromatic rings.